The maximum absolute atomic E-state index is 6.34. The molecule has 0 unspecified atom stereocenters. The van der Waals surface area contributed by atoms with E-state index in [1.165, 1.54) is 0 Å². The Labute approximate surface area is 188 Å². The van der Waals surface area contributed by atoms with E-state index >= 15 is 0 Å². The number of nitrogens with zero attached hydrogens (tertiary/aromatic N) is 3. The molecule has 2 aromatic carbocycles. The van der Waals surface area contributed by atoms with Crippen LogP contribution < -0.4 is 14.4 Å². The number of anilines is 1. The van der Waals surface area contributed by atoms with Crippen molar-refractivity contribution in [3.8, 4) is 22.8 Å². The lowest BCUT2D eigenvalue weighted by Gasteiger charge is -2.36. The van der Waals surface area contributed by atoms with Gasteiger partial charge in [0.2, 0.25) is 0 Å². The summed E-state index contributed by atoms with van der Waals surface area (Å²) in [5.41, 5.74) is 2.89. The van der Waals surface area contributed by atoms with Crippen LogP contribution in [0.25, 0.3) is 11.3 Å². The van der Waals surface area contributed by atoms with Gasteiger partial charge < -0.3 is 18.9 Å². The number of halogens is 1. The summed E-state index contributed by atoms with van der Waals surface area (Å²) in [5.74, 6) is 2.28. The summed E-state index contributed by atoms with van der Waals surface area (Å²) in [6, 6.07) is 15.8. The van der Waals surface area contributed by atoms with E-state index in [-0.39, 0.29) is 0 Å². The first-order chi connectivity index (χ1) is 15.2. The highest BCUT2D eigenvalue weighted by Gasteiger charge is 2.18. The van der Waals surface area contributed by atoms with E-state index < -0.39 is 0 Å². The lowest BCUT2D eigenvalue weighted by molar-refractivity contribution is 0.251. The summed E-state index contributed by atoms with van der Waals surface area (Å²) < 4.78 is 16.2. The summed E-state index contributed by atoms with van der Waals surface area (Å²) in [6.45, 7) is 5.12. The third kappa shape index (κ3) is 5.14. The number of para-hydroxylation sites is 1. The highest BCUT2D eigenvalue weighted by Crippen LogP contribution is 2.32. The number of rotatable bonds is 8. The number of hydrogen-bond acceptors (Lipinski definition) is 6. The van der Waals surface area contributed by atoms with Gasteiger partial charge in [0.1, 0.15) is 11.5 Å². The summed E-state index contributed by atoms with van der Waals surface area (Å²) in [6.07, 6.45) is 1.90. The molecule has 0 atom stereocenters. The second-order valence-electron chi connectivity index (χ2n) is 7.63. The second-order valence-corrected chi connectivity index (χ2v) is 8.04. The van der Waals surface area contributed by atoms with Crippen molar-refractivity contribution in [1.29, 1.82) is 0 Å². The number of methoxy groups -OCH3 is 2. The standard InChI is InChI=1S/C24H28ClN3O3/c1-29-23-10-9-18(16-24(23)30-2)21-17-19(31-26-21)6-5-11-27-12-14-28(15-13-27)22-8-4-3-7-20(22)25/h3-4,7-10,16-17H,5-6,11-15H2,1-2H3. The molecule has 1 saturated heterocycles. The van der Waals surface area contributed by atoms with Gasteiger partial charge in [-0.1, -0.05) is 28.9 Å². The maximum atomic E-state index is 6.34. The van der Waals surface area contributed by atoms with Crippen molar-refractivity contribution in [2.75, 3.05) is 51.8 Å². The molecule has 31 heavy (non-hydrogen) atoms. The molecule has 2 heterocycles. The number of aromatic nitrogens is 1. The van der Waals surface area contributed by atoms with E-state index in [2.05, 4.69) is 21.0 Å². The molecule has 0 radical (unpaired) electrons. The predicted octanol–water partition coefficient (Wildman–Crippen LogP) is 4.77. The number of piperazine rings is 1. The fraction of sp³-hybridized carbons (Fsp3) is 0.375. The van der Waals surface area contributed by atoms with Crippen molar-refractivity contribution in [1.82, 2.24) is 10.1 Å². The van der Waals surface area contributed by atoms with Crippen LogP contribution in [-0.2, 0) is 6.42 Å². The van der Waals surface area contributed by atoms with Gasteiger partial charge >= 0.3 is 0 Å². The van der Waals surface area contributed by atoms with Crippen LogP contribution in [0, 0.1) is 0 Å². The summed E-state index contributed by atoms with van der Waals surface area (Å²) in [7, 11) is 3.26. The Balaban J connectivity index is 1.26. The van der Waals surface area contributed by atoms with Gasteiger partial charge in [-0.2, -0.15) is 0 Å². The van der Waals surface area contributed by atoms with Gasteiger partial charge in [0.05, 0.1) is 24.9 Å². The fourth-order valence-electron chi connectivity index (χ4n) is 3.96. The van der Waals surface area contributed by atoms with E-state index in [1.54, 1.807) is 14.2 Å². The largest absolute Gasteiger partial charge is 0.493 e. The third-order valence-electron chi connectivity index (χ3n) is 5.70. The summed E-state index contributed by atoms with van der Waals surface area (Å²) in [5, 5.41) is 5.06. The average Bonchev–Trinajstić information content (AvgIpc) is 3.28. The van der Waals surface area contributed by atoms with E-state index in [4.69, 9.17) is 25.6 Å². The zero-order valence-electron chi connectivity index (χ0n) is 18.0. The van der Waals surface area contributed by atoms with Crippen LogP contribution in [0.5, 0.6) is 11.5 Å². The van der Waals surface area contributed by atoms with Gasteiger partial charge in [0.25, 0.3) is 0 Å². The van der Waals surface area contributed by atoms with Crippen LogP contribution in [0.2, 0.25) is 5.02 Å². The van der Waals surface area contributed by atoms with Gasteiger partial charge in [-0.3, -0.25) is 4.90 Å². The molecule has 1 aromatic heterocycles. The van der Waals surface area contributed by atoms with E-state index in [0.717, 1.165) is 73.3 Å². The minimum absolute atomic E-state index is 0.681. The van der Waals surface area contributed by atoms with Crippen LogP contribution in [0.1, 0.15) is 12.2 Å². The smallest absolute Gasteiger partial charge is 0.161 e. The monoisotopic (exact) mass is 441 g/mol. The molecule has 1 aliphatic rings. The molecular formula is C24H28ClN3O3. The van der Waals surface area contributed by atoms with Gasteiger partial charge in [0, 0.05) is 44.2 Å². The SMILES string of the molecule is COc1ccc(-c2cc(CCCN3CCN(c4ccccc4Cl)CC3)on2)cc1OC. The molecule has 0 spiro atoms. The van der Waals surface area contributed by atoms with Gasteiger partial charge in [-0.05, 0) is 43.3 Å². The molecule has 1 fully saturated rings. The Morgan fingerprint density at radius 3 is 2.48 bits per heavy atom. The molecule has 0 amide bonds. The fourth-order valence-corrected chi connectivity index (χ4v) is 4.22. The molecule has 4 rings (SSSR count). The highest BCUT2D eigenvalue weighted by molar-refractivity contribution is 6.33. The van der Waals surface area contributed by atoms with Gasteiger partial charge in [0.15, 0.2) is 11.5 Å². The molecule has 1 aliphatic heterocycles. The second kappa shape index (κ2) is 10.1. The molecule has 0 bridgehead atoms. The van der Waals surface area contributed by atoms with Crippen molar-refractivity contribution in [2.45, 2.75) is 12.8 Å². The number of ether oxygens (including phenoxy) is 2. The Morgan fingerprint density at radius 2 is 1.74 bits per heavy atom. The number of aryl methyl sites for hydroxylation is 1. The molecular weight excluding hydrogens is 414 g/mol. The molecule has 0 aliphatic carbocycles. The van der Waals surface area contributed by atoms with E-state index in [0.29, 0.717) is 11.5 Å². The molecule has 7 heteroatoms. The highest BCUT2D eigenvalue weighted by atomic mass is 35.5. The normalized spacial score (nSPS) is 14.6. The zero-order chi connectivity index (χ0) is 21.6. The Morgan fingerprint density at radius 1 is 0.968 bits per heavy atom. The summed E-state index contributed by atoms with van der Waals surface area (Å²) >= 11 is 6.34. The third-order valence-corrected chi connectivity index (χ3v) is 6.02. The number of hydrogen-bond donors (Lipinski definition) is 0. The first kappa shape index (κ1) is 21.5. The van der Waals surface area contributed by atoms with Gasteiger partial charge in [-0.25, -0.2) is 0 Å². The predicted molar refractivity (Wildman–Crippen MR) is 123 cm³/mol. The lowest BCUT2D eigenvalue weighted by Crippen LogP contribution is -2.46. The van der Waals surface area contributed by atoms with E-state index in [9.17, 15) is 0 Å². The topological polar surface area (TPSA) is 51.0 Å². The van der Waals surface area contributed by atoms with Crippen molar-refractivity contribution in [3.63, 3.8) is 0 Å². The van der Waals surface area contributed by atoms with E-state index in [1.807, 2.05) is 42.5 Å². The Kier molecular flexibility index (Phi) is 6.99. The molecule has 164 valence electrons. The van der Waals surface area contributed by atoms with Crippen LogP contribution in [0.4, 0.5) is 5.69 Å². The molecule has 0 saturated carbocycles. The average molecular weight is 442 g/mol. The summed E-state index contributed by atoms with van der Waals surface area (Å²) in [4.78, 5) is 4.86. The molecule has 0 N–H and O–H groups in total. The minimum Gasteiger partial charge on any atom is -0.493 e. The molecule has 3 aromatic rings. The quantitative estimate of drug-likeness (QED) is 0.502. The van der Waals surface area contributed by atoms with Crippen molar-refractivity contribution >= 4 is 17.3 Å². The first-order valence-electron chi connectivity index (χ1n) is 10.6. The lowest BCUT2D eigenvalue weighted by atomic mass is 10.1. The van der Waals surface area contributed by atoms with Gasteiger partial charge in [-0.15, -0.1) is 0 Å². The van der Waals surface area contributed by atoms with Crippen molar-refractivity contribution < 1.29 is 14.0 Å². The van der Waals surface area contributed by atoms with Crippen LogP contribution >= 0.6 is 11.6 Å². The zero-order valence-corrected chi connectivity index (χ0v) is 18.8. The molecule has 6 nitrogen and oxygen atoms in total. The minimum atomic E-state index is 0.681. The Hall–Kier alpha value is -2.70. The Bertz CT molecular complexity index is 999. The van der Waals surface area contributed by atoms with Crippen LogP contribution in [0.15, 0.2) is 53.1 Å². The first-order valence-corrected chi connectivity index (χ1v) is 11.0. The van der Waals surface area contributed by atoms with Crippen molar-refractivity contribution in [2.24, 2.45) is 0 Å². The number of benzene rings is 2. The van der Waals surface area contributed by atoms with Crippen LogP contribution in [-0.4, -0.2) is 57.0 Å². The van der Waals surface area contributed by atoms with Crippen LogP contribution in [0.3, 0.4) is 0 Å². The maximum Gasteiger partial charge on any atom is 0.161 e. The van der Waals surface area contributed by atoms with Crippen molar-refractivity contribution in [3.05, 3.63) is 59.3 Å².